The van der Waals surface area contributed by atoms with Crippen LogP contribution in [0.25, 0.3) is 0 Å². The second-order valence-corrected chi connectivity index (χ2v) is 6.36. The maximum absolute atomic E-state index is 12.4. The molecule has 1 atom stereocenters. The Morgan fingerprint density at radius 1 is 1.38 bits per heavy atom. The van der Waals surface area contributed by atoms with Crippen molar-refractivity contribution in [3.05, 3.63) is 21.6 Å². The van der Waals surface area contributed by atoms with E-state index in [1.54, 1.807) is 11.9 Å². The predicted octanol–water partition coefficient (Wildman–Crippen LogP) is 1.34. The van der Waals surface area contributed by atoms with Crippen LogP contribution in [0.1, 0.15) is 25.7 Å². The lowest BCUT2D eigenvalue weighted by atomic mass is 10.1. The first-order valence-electron chi connectivity index (χ1n) is 7.30. The van der Waals surface area contributed by atoms with Gasteiger partial charge >= 0.3 is 0 Å². The van der Waals surface area contributed by atoms with Crippen LogP contribution in [-0.2, 0) is 11.3 Å². The van der Waals surface area contributed by atoms with Crippen molar-refractivity contribution in [2.45, 2.75) is 38.3 Å². The largest absolute Gasteiger partial charge is 0.375 e. The zero-order valence-electron chi connectivity index (χ0n) is 12.0. The number of amides is 1. The summed E-state index contributed by atoms with van der Waals surface area (Å²) in [7, 11) is 1.77. The lowest BCUT2D eigenvalue weighted by Crippen LogP contribution is -2.44. The topological polar surface area (TPSA) is 67.2 Å². The third-order valence-corrected chi connectivity index (χ3v) is 4.39. The number of likely N-dealkylation sites (N-methyl/N-ethyl adjacent to an activating group) is 1. The number of halogens is 1. The van der Waals surface area contributed by atoms with E-state index < -0.39 is 0 Å². The normalized spacial score (nSPS) is 22.5. The first kappa shape index (κ1) is 14.4. The monoisotopic (exact) mass is 310 g/mol. The molecule has 6 nitrogen and oxygen atoms in total. The van der Waals surface area contributed by atoms with Crippen LogP contribution in [-0.4, -0.2) is 40.2 Å². The molecule has 0 aromatic carbocycles. The summed E-state index contributed by atoms with van der Waals surface area (Å²) in [6, 6.07) is 0.0506. The van der Waals surface area contributed by atoms with E-state index in [9.17, 15) is 9.59 Å². The number of piperidine rings is 1. The van der Waals surface area contributed by atoms with E-state index in [1.807, 2.05) is 0 Å². The number of nitrogens with one attached hydrogen (secondary N) is 1. The molecule has 1 N–H and O–H groups in total. The van der Waals surface area contributed by atoms with Gasteiger partial charge in [-0.3, -0.25) is 9.59 Å². The van der Waals surface area contributed by atoms with Crippen LogP contribution in [0.4, 0.5) is 5.69 Å². The quantitative estimate of drug-likeness (QED) is 0.911. The Balaban J connectivity index is 1.77. The van der Waals surface area contributed by atoms with Crippen molar-refractivity contribution in [2.24, 2.45) is 5.92 Å². The summed E-state index contributed by atoms with van der Waals surface area (Å²) in [4.78, 5) is 25.6. The van der Waals surface area contributed by atoms with Crippen LogP contribution in [0.5, 0.6) is 0 Å². The SMILES string of the molecule is CN1CC(Nc2c(Cl)cnn(CC3CC3)c2=O)CCC1=O. The van der Waals surface area contributed by atoms with E-state index >= 15 is 0 Å². The van der Waals surface area contributed by atoms with E-state index in [1.165, 1.54) is 10.9 Å². The molecular weight excluding hydrogens is 292 g/mol. The number of likely N-dealkylation sites (tertiary alicyclic amines) is 1. The van der Waals surface area contributed by atoms with Crippen molar-refractivity contribution in [1.29, 1.82) is 0 Å². The molecule has 1 aromatic heterocycles. The van der Waals surface area contributed by atoms with Gasteiger partial charge in [0.25, 0.3) is 5.56 Å². The van der Waals surface area contributed by atoms with Gasteiger partial charge in [-0.15, -0.1) is 0 Å². The van der Waals surface area contributed by atoms with E-state index in [4.69, 9.17) is 11.6 Å². The molecule has 2 fully saturated rings. The van der Waals surface area contributed by atoms with Crippen LogP contribution in [0, 0.1) is 5.92 Å². The molecule has 0 spiro atoms. The van der Waals surface area contributed by atoms with Crippen molar-refractivity contribution in [2.75, 3.05) is 18.9 Å². The molecule has 1 saturated heterocycles. The van der Waals surface area contributed by atoms with Crippen molar-refractivity contribution >= 4 is 23.2 Å². The van der Waals surface area contributed by atoms with Gasteiger partial charge in [0, 0.05) is 32.6 Å². The molecule has 0 bridgehead atoms. The average Bonchev–Trinajstić information content (AvgIpc) is 3.26. The number of anilines is 1. The number of hydrogen-bond donors (Lipinski definition) is 1. The van der Waals surface area contributed by atoms with Gasteiger partial charge in [0.2, 0.25) is 5.91 Å². The van der Waals surface area contributed by atoms with Gasteiger partial charge in [-0.2, -0.15) is 5.10 Å². The predicted molar refractivity (Wildman–Crippen MR) is 80.5 cm³/mol. The number of rotatable bonds is 4. The number of carbonyl (C=O) groups is 1. The van der Waals surface area contributed by atoms with Gasteiger partial charge in [-0.1, -0.05) is 11.6 Å². The zero-order valence-corrected chi connectivity index (χ0v) is 12.8. The highest BCUT2D eigenvalue weighted by molar-refractivity contribution is 6.33. The minimum atomic E-state index is -0.172. The molecule has 3 rings (SSSR count). The zero-order chi connectivity index (χ0) is 15.0. The molecule has 21 heavy (non-hydrogen) atoms. The van der Waals surface area contributed by atoms with Gasteiger partial charge in [0.1, 0.15) is 5.69 Å². The second-order valence-electron chi connectivity index (χ2n) is 5.95. The van der Waals surface area contributed by atoms with Gasteiger partial charge in [0.15, 0.2) is 0 Å². The molecule has 2 heterocycles. The summed E-state index contributed by atoms with van der Waals surface area (Å²) < 4.78 is 1.49. The lowest BCUT2D eigenvalue weighted by molar-refractivity contribution is -0.132. The fourth-order valence-corrected chi connectivity index (χ4v) is 2.79. The Labute approximate surface area is 128 Å². The summed E-state index contributed by atoms with van der Waals surface area (Å²) >= 11 is 6.12. The third-order valence-electron chi connectivity index (χ3n) is 4.10. The summed E-state index contributed by atoms with van der Waals surface area (Å²) in [5, 5.41) is 7.65. The standard InChI is InChI=1S/C14H19ClN4O2/c1-18-8-10(4-5-12(18)20)17-13-11(15)6-16-19(14(13)21)7-9-2-3-9/h6,9-10,17H,2-5,7-8H2,1H3. The second kappa shape index (κ2) is 5.67. The molecule has 114 valence electrons. The van der Waals surface area contributed by atoms with E-state index in [0.29, 0.717) is 42.6 Å². The Morgan fingerprint density at radius 2 is 2.14 bits per heavy atom. The highest BCUT2D eigenvalue weighted by Gasteiger charge is 2.26. The van der Waals surface area contributed by atoms with Gasteiger partial charge in [-0.25, -0.2) is 4.68 Å². The third kappa shape index (κ3) is 3.20. The molecule has 1 aromatic rings. The molecule has 2 aliphatic rings. The number of nitrogens with zero attached hydrogens (tertiary/aromatic N) is 3. The molecule has 1 amide bonds. The molecular formula is C14H19ClN4O2. The fraction of sp³-hybridized carbons (Fsp3) is 0.643. The maximum atomic E-state index is 12.4. The van der Waals surface area contributed by atoms with Crippen LogP contribution in [0.15, 0.2) is 11.0 Å². The van der Waals surface area contributed by atoms with Crippen LogP contribution in [0.2, 0.25) is 5.02 Å². The number of carbonyl (C=O) groups excluding carboxylic acids is 1. The van der Waals surface area contributed by atoms with Crippen molar-refractivity contribution in [3.63, 3.8) is 0 Å². The summed E-state index contributed by atoms with van der Waals surface area (Å²) in [5.41, 5.74) is 0.231. The number of aromatic nitrogens is 2. The summed E-state index contributed by atoms with van der Waals surface area (Å²) in [5.74, 6) is 0.711. The highest BCUT2D eigenvalue weighted by Crippen LogP contribution is 2.30. The van der Waals surface area contributed by atoms with Crippen LogP contribution < -0.4 is 10.9 Å². The molecule has 7 heteroatoms. The first-order chi connectivity index (χ1) is 10.0. The van der Waals surface area contributed by atoms with Crippen molar-refractivity contribution < 1.29 is 4.79 Å². The summed E-state index contributed by atoms with van der Waals surface area (Å²) in [6.07, 6.45) is 5.05. The highest BCUT2D eigenvalue weighted by atomic mass is 35.5. The lowest BCUT2D eigenvalue weighted by Gasteiger charge is -2.30. The Bertz CT molecular complexity index is 611. The molecule has 0 radical (unpaired) electrons. The van der Waals surface area contributed by atoms with E-state index in [-0.39, 0.29) is 17.5 Å². The Hall–Kier alpha value is -1.56. The van der Waals surface area contributed by atoms with Crippen molar-refractivity contribution in [1.82, 2.24) is 14.7 Å². The van der Waals surface area contributed by atoms with Gasteiger partial charge < -0.3 is 10.2 Å². The Morgan fingerprint density at radius 3 is 2.81 bits per heavy atom. The molecule has 1 aliphatic carbocycles. The van der Waals surface area contributed by atoms with E-state index in [0.717, 1.165) is 12.8 Å². The smallest absolute Gasteiger partial charge is 0.291 e. The fourth-order valence-electron chi connectivity index (χ4n) is 2.61. The minimum absolute atomic E-state index is 0.0506. The van der Waals surface area contributed by atoms with E-state index in [2.05, 4.69) is 10.4 Å². The average molecular weight is 311 g/mol. The molecule has 1 unspecified atom stereocenters. The maximum Gasteiger partial charge on any atom is 0.291 e. The summed E-state index contributed by atoms with van der Waals surface area (Å²) in [6.45, 7) is 1.24. The molecule has 1 saturated carbocycles. The van der Waals surface area contributed by atoms with Crippen molar-refractivity contribution in [3.8, 4) is 0 Å². The molecule has 1 aliphatic heterocycles. The van der Waals surface area contributed by atoms with Gasteiger partial charge in [-0.05, 0) is 25.2 Å². The first-order valence-corrected chi connectivity index (χ1v) is 7.68. The van der Waals surface area contributed by atoms with Crippen LogP contribution in [0.3, 0.4) is 0 Å². The Kier molecular flexibility index (Phi) is 3.89. The van der Waals surface area contributed by atoms with Crippen LogP contribution >= 0.6 is 11.6 Å². The number of hydrogen-bond acceptors (Lipinski definition) is 4. The van der Waals surface area contributed by atoms with Gasteiger partial charge in [0.05, 0.1) is 11.2 Å². The minimum Gasteiger partial charge on any atom is -0.375 e.